The number of hydrogen-bond donors (Lipinski definition) is 0. The number of benzene rings is 2. The third-order valence-corrected chi connectivity index (χ3v) is 4.07. The van der Waals surface area contributed by atoms with Crippen LogP contribution in [0.5, 0.6) is 0 Å². The van der Waals surface area contributed by atoms with Crippen LogP contribution in [-0.2, 0) is 0 Å². The molecule has 2 atom stereocenters. The Hall–Kier alpha value is -1.30. The Morgan fingerprint density at radius 3 is 2.00 bits per heavy atom. The van der Waals surface area contributed by atoms with Gasteiger partial charge >= 0.3 is 0 Å². The highest BCUT2D eigenvalue weighted by molar-refractivity contribution is 5.94. The molecule has 1 saturated carbocycles. The van der Waals surface area contributed by atoms with Crippen molar-refractivity contribution >= 4 is 10.8 Å². The smallest absolute Gasteiger partial charge is 0.00521 e. The van der Waals surface area contributed by atoms with Crippen molar-refractivity contribution in [2.45, 2.75) is 18.8 Å². The van der Waals surface area contributed by atoms with Crippen LogP contribution >= 0.6 is 0 Å². The van der Waals surface area contributed by atoms with Crippen LogP contribution in [-0.4, -0.2) is 0 Å². The van der Waals surface area contributed by atoms with Gasteiger partial charge in [0.25, 0.3) is 0 Å². The molecular weight excluding hydrogens is 168 g/mol. The third-order valence-electron chi connectivity index (χ3n) is 4.07. The Morgan fingerprint density at radius 2 is 1.43 bits per heavy atom. The second-order valence-electron chi connectivity index (χ2n) is 4.70. The molecule has 0 spiro atoms. The summed E-state index contributed by atoms with van der Waals surface area (Å²) in [5.41, 5.74) is 3.21. The Morgan fingerprint density at radius 1 is 0.857 bits per heavy atom. The lowest BCUT2D eigenvalue weighted by Crippen LogP contribution is -1.86. The molecule has 1 fully saturated rings. The molecule has 0 N–H and O–H groups in total. The quantitative estimate of drug-likeness (QED) is 0.580. The van der Waals surface area contributed by atoms with Crippen LogP contribution in [0.15, 0.2) is 36.4 Å². The topological polar surface area (TPSA) is 0 Å². The lowest BCUT2D eigenvalue weighted by Gasteiger charge is -2.06. The standard InChI is InChI=1S/C14H12/c1-8-12-10-6-2-4-9-5-3-7-11(13(8)12)14(9)10/h2-8,12-13H,1H3. The Kier molecular flexibility index (Phi) is 1.02. The summed E-state index contributed by atoms with van der Waals surface area (Å²) < 4.78 is 0. The van der Waals surface area contributed by atoms with Gasteiger partial charge in [0.15, 0.2) is 0 Å². The highest BCUT2D eigenvalue weighted by Gasteiger charge is 2.53. The SMILES string of the molecule is CC1C2c3cccc4cccc(c34)C12. The summed E-state index contributed by atoms with van der Waals surface area (Å²) in [6.45, 7) is 2.38. The molecule has 0 heterocycles. The third kappa shape index (κ3) is 0.608. The van der Waals surface area contributed by atoms with Gasteiger partial charge < -0.3 is 0 Å². The molecule has 0 saturated heterocycles. The van der Waals surface area contributed by atoms with E-state index in [-0.39, 0.29) is 0 Å². The number of hydrogen-bond acceptors (Lipinski definition) is 0. The molecule has 2 aromatic rings. The van der Waals surface area contributed by atoms with E-state index in [0.717, 1.165) is 17.8 Å². The van der Waals surface area contributed by atoms with Gasteiger partial charge in [0, 0.05) is 0 Å². The fourth-order valence-corrected chi connectivity index (χ4v) is 3.37. The van der Waals surface area contributed by atoms with E-state index in [9.17, 15) is 0 Å². The van der Waals surface area contributed by atoms with E-state index in [1.807, 2.05) is 0 Å². The summed E-state index contributed by atoms with van der Waals surface area (Å²) in [7, 11) is 0. The Balaban J connectivity index is 2.19. The van der Waals surface area contributed by atoms with Crippen LogP contribution < -0.4 is 0 Å². The molecule has 2 aromatic carbocycles. The molecule has 2 unspecified atom stereocenters. The van der Waals surface area contributed by atoms with Crippen molar-refractivity contribution in [1.29, 1.82) is 0 Å². The zero-order valence-corrected chi connectivity index (χ0v) is 8.20. The van der Waals surface area contributed by atoms with Crippen LogP contribution in [0.4, 0.5) is 0 Å². The van der Waals surface area contributed by atoms with Crippen molar-refractivity contribution in [3.63, 3.8) is 0 Å². The minimum Gasteiger partial charge on any atom is -0.0613 e. The maximum atomic E-state index is 2.38. The van der Waals surface area contributed by atoms with Gasteiger partial charge in [0.2, 0.25) is 0 Å². The van der Waals surface area contributed by atoms with Gasteiger partial charge in [-0.2, -0.15) is 0 Å². The second-order valence-corrected chi connectivity index (χ2v) is 4.70. The molecule has 4 rings (SSSR count). The first-order valence-electron chi connectivity index (χ1n) is 5.39. The van der Waals surface area contributed by atoms with E-state index >= 15 is 0 Å². The predicted molar refractivity (Wildman–Crippen MR) is 58.6 cm³/mol. The lowest BCUT2D eigenvalue weighted by atomic mass is 9.99. The van der Waals surface area contributed by atoms with Crippen molar-refractivity contribution < 1.29 is 0 Å². The van der Waals surface area contributed by atoms with E-state index in [2.05, 4.69) is 43.3 Å². The monoisotopic (exact) mass is 180 g/mol. The minimum absolute atomic E-state index is 0.844. The van der Waals surface area contributed by atoms with E-state index in [1.165, 1.54) is 5.39 Å². The predicted octanol–water partition coefficient (Wildman–Crippen LogP) is 3.67. The number of fused-ring (bicyclic) bond motifs is 3. The van der Waals surface area contributed by atoms with E-state index < -0.39 is 0 Å². The summed E-state index contributed by atoms with van der Waals surface area (Å²) >= 11 is 0. The molecule has 0 aliphatic heterocycles. The number of rotatable bonds is 0. The van der Waals surface area contributed by atoms with Crippen LogP contribution in [0, 0.1) is 5.92 Å². The highest BCUT2D eigenvalue weighted by Crippen LogP contribution is 2.67. The van der Waals surface area contributed by atoms with E-state index in [0.29, 0.717) is 0 Å². The van der Waals surface area contributed by atoms with Crippen LogP contribution in [0.25, 0.3) is 10.8 Å². The molecule has 0 nitrogen and oxygen atoms in total. The van der Waals surface area contributed by atoms with Gasteiger partial charge in [-0.25, -0.2) is 0 Å². The molecule has 68 valence electrons. The van der Waals surface area contributed by atoms with Crippen LogP contribution in [0.3, 0.4) is 0 Å². The van der Waals surface area contributed by atoms with E-state index in [1.54, 1.807) is 16.5 Å². The normalized spacial score (nSPS) is 31.9. The molecule has 2 aliphatic carbocycles. The Labute approximate surface area is 83.6 Å². The van der Waals surface area contributed by atoms with Crippen molar-refractivity contribution in [3.8, 4) is 0 Å². The lowest BCUT2D eigenvalue weighted by molar-refractivity contribution is 0.890. The van der Waals surface area contributed by atoms with E-state index in [4.69, 9.17) is 0 Å². The summed E-state index contributed by atoms with van der Waals surface area (Å²) in [4.78, 5) is 0. The van der Waals surface area contributed by atoms with Gasteiger partial charge in [-0.15, -0.1) is 0 Å². The van der Waals surface area contributed by atoms with Gasteiger partial charge in [0.05, 0.1) is 0 Å². The molecule has 0 heteroatoms. The summed E-state index contributed by atoms with van der Waals surface area (Å²) in [5, 5.41) is 2.99. The Bertz CT molecular complexity index is 494. The van der Waals surface area contributed by atoms with Gasteiger partial charge in [-0.3, -0.25) is 0 Å². The first kappa shape index (κ1) is 7.05. The first-order valence-corrected chi connectivity index (χ1v) is 5.39. The van der Waals surface area contributed by atoms with Crippen molar-refractivity contribution in [2.24, 2.45) is 5.92 Å². The zero-order valence-electron chi connectivity index (χ0n) is 8.20. The van der Waals surface area contributed by atoms with Gasteiger partial charge in [0.1, 0.15) is 0 Å². The maximum Gasteiger partial charge on any atom is -0.00521 e. The van der Waals surface area contributed by atoms with Crippen LogP contribution in [0.1, 0.15) is 29.9 Å². The first-order chi connectivity index (χ1) is 6.88. The second kappa shape index (κ2) is 2.03. The maximum absolute atomic E-state index is 2.38. The fraction of sp³-hybridized carbons (Fsp3) is 0.286. The molecule has 0 bridgehead atoms. The average Bonchev–Trinajstić information content (AvgIpc) is 2.74. The minimum atomic E-state index is 0.844. The molecule has 0 radical (unpaired) electrons. The molecule has 0 aromatic heterocycles. The molecular formula is C14H12. The largest absolute Gasteiger partial charge is 0.0613 e. The highest BCUT2D eigenvalue weighted by atomic mass is 14.6. The van der Waals surface area contributed by atoms with Gasteiger partial charge in [-0.05, 0) is 39.7 Å². The summed E-state index contributed by atoms with van der Waals surface area (Å²) in [5.74, 6) is 2.57. The molecule has 2 aliphatic rings. The van der Waals surface area contributed by atoms with Crippen molar-refractivity contribution in [1.82, 2.24) is 0 Å². The zero-order chi connectivity index (χ0) is 9.28. The fourth-order valence-electron chi connectivity index (χ4n) is 3.37. The van der Waals surface area contributed by atoms with Crippen molar-refractivity contribution in [3.05, 3.63) is 47.5 Å². The average molecular weight is 180 g/mol. The van der Waals surface area contributed by atoms with Gasteiger partial charge in [-0.1, -0.05) is 43.3 Å². The van der Waals surface area contributed by atoms with Crippen LogP contribution in [0.2, 0.25) is 0 Å². The summed E-state index contributed by atoms with van der Waals surface area (Å²) in [6.07, 6.45) is 0. The molecule has 14 heavy (non-hydrogen) atoms. The van der Waals surface area contributed by atoms with Crippen molar-refractivity contribution in [2.75, 3.05) is 0 Å². The summed E-state index contributed by atoms with van der Waals surface area (Å²) in [6, 6.07) is 13.5. The molecule has 0 amide bonds.